The predicted molar refractivity (Wildman–Crippen MR) is 110 cm³/mol. The molecule has 7 nitrogen and oxygen atoms in total. The molecule has 2 aliphatic heterocycles. The number of thioether (sulfide) groups is 1. The maximum atomic E-state index is 12.5. The first kappa shape index (κ1) is 18.0. The normalized spacial score (nSPS) is 17.4. The van der Waals surface area contributed by atoms with E-state index >= 15 is 0 Å². The number of benzene rings is 2. The minimum atomic E-state index is -0.469. The minimum absolute atomic E-state index is 0.0109. The van der Waals surface area contributed by atoms with Crippen LogP contribution in [0.4, 0.5) is 0 Å². The van der Waals surface area contributed by atoms with E-state index in [2.05, 4.69) is 10.1 Å². The van der Waals surface area contributed by atoms with Gasteiger partial charge in [-0.3, -0.25) is 10.2 Å². The molecule has 0 radical (unpaired) electrons. The summed E-state index contributed by atoms with van der Waals surface area (Å²) < 4.78 is 10.5. The van der Waals surface area contributed by atoms with Crippen LogP contribution in [-0.4, -0.2) is 41.2 Å². The summed E-state index contributed by atoms with van der Waals surface area (Å²) in [5.74, 6) is 0.645. The fourth-order valence-corrected chi connectivity index (χ4v) is 3.70. The number of fused-ring (bicyclic) bond motifs is 1. The Kier molecular flexibility index (Phi) is 4.70. The number of rotatable bonds is 4. The number of hydrogen-bond acceptors (Lipinski definition) is 6. The van der Waals surface area contributed by atoms with E-state index in [0.29, 0.717) is 27.3 Å². The van der Waals surface area contributed by atoms with E-state index in [0.717, 1.165) is 5.56 Å². The topological polar surface area (TPSA) is 87.3 Å². The summed E-state index contributed by atoms with van der Waals surface area (Å²) in [7, 11) is 3.10. The standard InChI is InChI=1S/C20H16N4O3S/c1-26-15-9-8-12(11-16(15)27-2)10-14-17(21)24-20(22-18(14)25)28-19(23-24)13-6-4-3-5-7-13/h3-11,21H,1-2H3. The molecule has 2 aromatic rings. The second-order valence-corrected chi connectivity index (χ2v) is 6.86. The van der Waals surface area contributed by atoms with E-state index in [4.69, 9.17) is 14.9 Å². The zero-order valence-electron chi connectivity index (χ0n) is 15.2. The van der Waals surface area contributed by atoms with Crippen LogP contribution in [0.5, 0.6) is 11.5 Å². The van der Waals surface area contributed by atoms with Gasteiger partial charge in [0.25, 0.3) is 5.91 Å². The summed E-state index contributed by atoms with van der Waals surface area (Å²) in [6.07, 6.45) is 1.60. The molecule has 140 valence electrons. The quantitative estimate of drug-likeness (QED) is 0.806. The first-order valence-corrected chi connectivity index (χ1v) is 9.20. The Morgan fingerprint density at radius 2 is 1.82 bits per heavy atom. The zero-order valence-corrected chi connectivity index (χ0v) is 16.0. The lowest BCUT2D eigenvalue weighted by Crippen LogP contribution is -2.35. The average molecular weight is 392 g/mol. The lowest BCUT2D eigenvalue weighted by atomic mass is 10.1. The van der Waals surface area contributed by atoms with Crippen LogP contribution in [0.3, 0.4) is 0 Å². The highest BCUT2D eigenvalue weighted by Gasteiger charge is 2.36. The Bertz CT molecular complexity index is 1060. The monoisotopic (exact) mass is 392 g/mol. The van der Waals surface area contributed by atoms with Gasteiger partial charge in [-0.25, -0.2) is 0 Å². The lowest BCUT2D eigenvalue weighted by Gasteiger charge is -2.20. The molecule has 8 heteroatoms. The van der Waals surface area contributed by atoms with Crippen LogP contribution in [-0.2, 0) is 4.79 Å². The molecule has 0 spiro atoms. The molecule has 0 saturated carbocycles. The van der Waals surface area contributed by atoms with Crippen molar-refractivity contribution in [2.45, 2.75) is 0 Å². The number of nitrogens with one attached hydrogen (secondary N) is 1. The largest absolute Gasteiger partial charge is 0.493 e. The van der Waals surface area contributed by atoms with E-state index in [1.807, 2.05) is 30.3 Å². The lowest BCUT2D eigenvalue weighted by molar-refractivity contribution is -0.114. The zero-order chi connectivity index (χ0) is 19.7. The fraction of sp³-hybridized carbons (Fsp3) is 0.100. The van der Waals surface area contributed by atoms with Crippen molar-refractivity contribution in [3.05, 3.63) is 65.2 Å². The maximum Gasteiger partial charge on any atom is 0.283 e. The van der Waals surface area contributed by atoms with Gasteiger partial charge in [-0.1, -0.05) is 36.4 Å². The van der Waals surface area contributed by atoms with Gasteiger partial charge >= 0.3 is 0 Å². The first-order valence-electron chi connectivity index (χ1n) is 8.38. The fourth-order valence-electron chi connectivity index (χ4n) is 2.80. The molecule has 28 heavy (non-hydrogen) atoms. The van der Waals surface area contributed by atoms with E-state index < -0.39 is 5.91 Å². The highest BCUT2D eigenvalue weighted by molar-refractivity contribution is 8.27. The van der Waals surface area contributed by atoms with E-state index in [1.54, 1.807) is 38.5 Å². The molecule has 1 amide bonds. The summed E-state index contributed by atoms with van der Waals surface area (Å²) in [6.45, 7) is 0. The molecular formula is C20H16N4O3S. The van der Waals surface area contributed by atoms with Crippen LogP contribution in [0, 0.1) is 5.41 Å². The Morgan fingerprint density at radius 3 is 2.54 bits per heavy atom. The van der Waals surface area contributed by atoms with Gasteiger partial charge in [-0.15, -0.1) is 0 Å². The van der Waals surface area contributed by atoms with Gasteiger partial charge in [0.1, 0.15) is 5.04 Å². The number of hydrogen-bond donors (Lipinski definition) is 1. The van der Waals surface area contributed by atoms with E-state index in [9.17, 15) is 4.79 Å². The van der Waals surface area contributed by atoms with Gasteiger partial charge < -0.3 is 9.47 Å². The molecule has 1 N–H and O–H groups in total. The molecule has 0 unspecified atom stereocenters. The molecule has 0 saturated heterocycles. The van der Waals surface area contributed by atoms with Gasteiger partial charge in [-0.2, -0.15) is 15.1 Å². The van der Waals surface area contributed by atoms with Crippen molar-refractivity contribution in [2.75, 3.05) is 14.2 Å². The molecule has 0 bridgehead atoms. The number of carbonyl (C=O) groups is 1. The predicted octanol–water partition coefficient (Wildman–Crippen LogP) is 3.37. The second-order valence-electron chi connectivity index (χ2n) is 5.91. The number of nitrogens with zero attached hydrogens (tertiary/aromatic N) is 3. The smallest absolute Gasteiger partial charge is 0.283 e. The number of carbonyl (C=O) groups excluding carboxylic acids is 1. The Balaban J connectivity index is 1.68. The third-order valence-corrected chi connectivity index (χ3v) is 5.15. The van der Waals surface area contributed by atoms with Crippen LogP contribution in [0.1, 0.15) is 11.1 Å². The minimum Gasteiger partial charge on any atom is -0.493 e. The third kappa shape index (κ3) is 3.18. The molecule has 0 aliphatic carbocycles. The van der Waals surface area contributed by atoms with Crippen molar-refractivity contribution in [1.82, 2.24) is 5.01 Å². The Morgan fingerprint density at radius 1 is 1.07 bits per heavy atom. The van der Waals surface area contributed by atoms with Gasteiger partial charge in [0.05, 0.1) is 19.8 Å². The van der Waals surface area contributed by atoms with Crippen molar-refractivity contribution < 1.29 is 14.3 Å². The molecule has 0 aromatic heterocycles. The molecular weight excluding hydrogens is 376 g/mol. The number of amides is 1. The molecule has 2 heterocycles. The highest BCUT2D eigenvalue weighted by atomic mass is 32.2. The maximum absolute atomic E-state index is 12.5. The summed E-state index contributed by atoms with van der Waals surface area (Å²) in [4.78, 5) is 16.6. The van der Waals surface area contributed by atoms with E-state index in [-0.39, 0.29) is 11.4 Å². The van der Waals surface area contributed by atoms with Gasteiger partial charge in [0, 0.05) is 5.56 Å². The molecule has 0 atom stereocenters. The number of aliphatic imine (C=N–C) groups is 1. The van der Waals surface area contributed by atoms with Crippen LogP contribution >= 0.6 is 11.8 Å². The van der Waals surface area contributed by atoms with Gasteiger partial charge in [-0.05, 0) is 35.5 Å². The Labute approximate surface area is 165 Å². The summed E-state index contributed by atoms with van der Waals surface area (Å²) in [5.41, 5.74) is 1.77. The summed E-state index contributed by atoms with van der Waals surface area (Å²) in [5, 5.41) is 15.4. The van der Waals surface area contributed by atoms with Crippen LogP contribution in [0.25, 0.3) is 6.08 Å². The molecule has 2 aliphatic rings. The highest BCUT2D eigenvalue weighted by Crippen LogP contribution is 2.32. The Hall–Kier alpha value is -3.39. The number of ether oxygens (including phenoxy) is 2. The van der Waals surface area contributed by atoms with Crippen molar-refractivity contribution >= 4 is 39.8 Å². The SMILES string of the molecule is COc1ccc(C=C2C(=N)N3N=C(c4ccccc4)SC3=NC2=O)cc1OC. The van der Waals surface area contributed by atoms with Gasteiger partial charge in [0.2, 0.25) is 5.17 Å². The van der Waals surface area contributed by atoms with Gasteiger partial charge in [0.15, 0.2) is 17.3 Å². The van der Waals surface area contributed by atoms with Crippen molar-refractivity contribution in [3.8, 4) is 11.5 Å². The van der Waals surface area contributed by atoms with E-state index in [1.165, 1.54) is 16.8 Å². The van der Waals surface area contributed by atoms with Crippen LogP contribution in [0.2, 0.25) is 0 Å². The van der Waals surface area contributed by atoms with Crippen LogP contribution in [0.15, 0.2) is 64.2 Å². The van der Waals surface area contributed by atoms with Crippen LogP contribution < -0.4 is 9.47 Å². The molecule has 0 fully saturated rings. The van der Waals surface area contributed by atoms with Crippen molar-refractivity contribution in [1.29, 1.82) is 5.41 Å². The third-order valence-electron chi connectivity index (χ3n) is 4.19. The first-order chi connectivity index (χ1) is 13.6. The summed E-state index contributed by atoms with van der Waals surface area (Å²) in [6, 6.07) is 14.9. The number of hydrazone groups is 1. The number of amidine groups is 2. The van der Waals surface area contributed by atoms with Crippen molar-refractivity contribution in [2.24, 2.45) is 10.1 Å². The second kappa shape index (κ2) is 7.32. The average Bonchev–Trinajstić information content (AvgIpc) is 3.15. The molecule has 4 rings (SSSR count). The summed E-state index contributed by atoms with van der Waals surface area (Å²) >= 11 is 1.28. The number of methoxy groups -OCH3 is 2. The van der Waals surface area contributed by atoms with Crippen molar-refractivity contribution in [3.63, 3.8) is 0 Å². The molecule has 2 aromatic carbocycles.